The molecule has 1 heterocycles. The van der Waals surface area contributed by atoms with Crippen LogP contribution in [0.3, 0.4) is 0 Å². The average Bonchev–Trinajstić information content (AvgIpc) is 2.80. The zero-order chi connectivity index (χ0) is 15.7. The lowest BCUT2D eigenvalue weighted by atomic mass is 10.1. The first kappa shape index (κ1) is 15.9. The molecule has 0 bridgehead atoms. The van der Waals surface area contributed by atoms with Crippen LogP contribution in [0.15, 0.2) is 22.7 Å². The topological polar surface area (TPSA) is 72.6 Å². The van der Waals surface area contributed by atoms with Gasteiger partial charge >= 0.3 is 5.69 Å². The van der Waals surface area contributed by atoms with Crippen molar-refractivity contribution in [2.75, 3.05) is 0 Å². The Balaban J connectivity index is 2.41. The van der Waals surface area contributed by atoms with Crippen LogP contribution in [0.2, 0.25) is 0 Å². The van der Waals surface area contributed by atoms with Gasteiger partial charge in [-0.25, -0.2) is 0 Å². The standard InChI is InChI=1S/C14H14BrNO4S/c1-7-4-10(5-8(2)13(7)15)20-14-11(16(18)19)6-12(21-14)9(3)17/h4-6,9,17H,1-3H3/t9-/m0/s1. The van der Waals surface area contributed by atoms with Gasteiger partial charge in [-0.15, -0.1) is 0 Å². The van der Waals surface area contributed by atoms with Crippen LogP contribution in [0, 0.1) is 24.0 Å². The fourth-order valence-corrected chi connectivity index (χ4v) is 3.02. The molecule has 21 heavy (non-hydrogen) atoms. The third kappa shape index (κ3) is 3.42. The minimum absolute atomic E-state index is 0.130. The number of nitrogens with zero attached hydrogens (tertiary/aromatic N) is 1. The van der Waals surface area contributed by atoms with E-state index < -0.39 is 11.0 Å². The number of hydrogen-bond donors (Lipinski definition) is 1. The first-order valence-corrected chi connectivity index (χ1v) is 7.81. The van der Waals surface area contributed by atoms with Crippen LogP contribution in [-0.4, -0.2) is 10.0 Å². The van der Waals surface area contributed by atoms with Crippen LogP contribution in [0.25, 0.3) is 0 Å². The van der Waals surface area contributed by atoms with Crippen molar-refractivity contribution in [2.24, 2.45) is 0 Å². The van der Waals surface area contributed by atoms with Crippen molar-refractivity contribution in [3.05, 3.63) is 48.8 Å². The fourth-order valence-electron chi connectivity index (χ4n) is 1.86. The van der Waals surface area contributed by atoms with Crippen LogP contribution in [0.1, 0.15) is 29.0 Å². The zero-order valence-corrected chi connectivity index (χ0v) is 14.1. The minimum Gasteiger partial charge on any atom is -0.440 e. The lowest BCUT2D eigenvalue weighted by Gasteiger charge is -2.08. The monoisotopic (exact) mass is 371 g/mol. The molecule has 1 N–H and O–H groups in total. The van der Waals surface area contributed by atoms with Crippen molar-refractivity contribution in [3.63, 3.8) is 0 Å². The van der Waals surface area contributed by atoms with E-state index in [4.69, 9.17) is 4.74 Å². The molecule has 2 aromatic rings. The summed E-state index contributed by atoms with van der Waals surface area (Å²) < 4.78 is 6.65. The molecule has 0 radical (unpaired) electrons. The third-order valence-corrected chi connectivity index (χ3v) is 5.35. The molecular formula is C14H14BrNO4S. The maximum Gasteiger partial charge on any atom is 0.323 e. The lowest BCUT2D eigenvalue weighted by molar-refractivity contribution is -0.385. The Morgan fingerprint density at radius 2 is 1.90 bits per heavy atom. The molecule has 1 aromatic heterocycles. The van der Waals surface area contributed by atoms with Gasteiger partial charge in [-0.3, -0.25) is 10.1 Å². The van der Waals surface area contributed by atoms with Gasteiger partial charge in [0.1, 0.15) is 5.75 Å². The van der Waals surface area contributed by atoms with Crippen molar-refractivity contribution >= 4 is 33.0 Å². The number of nitro groups is 1. The highest BCUT2D eigenvalue weighted by molar-refractivity contribution is 9.10. The molecule has 2 rings (SSSR count). The number of rotatable bonds is 4. The molecule has 1 aromatic carbocycles. The molecule has 0 aliphatic carbocycles. The van der Waals surface area contributed by atoms with E-state index in [0.717, 1.165) is 26.9 Å². The number of aryl methyl sites for hydroxylation is 2. The SMILES string of the molecule is Cc1cc(Oc2sc([C@H](C)O)cc2[N+](=O)[O-])cc(C)c1Br. The van der Waals surface area contributed by atoms with Crippen LogP contribution < -0.4 is 4.74 Å². The van der Waals surface area contributed by atoms with Gasteiger partial charge in [0.15, 0.2) is 0 Å². The molecule has 0 aliphatic rings. The summed E-state index contributed by atoms with van der Waals surface area (Å²) in [7, 11) is 0. The van der Waals surface area contributed by atoms with E-state index in [1.54, 1.807) is 6.92 Å². The first-order valence-electron chi connectivity index (χ1n) is 6.20. The van der Waals surface area contributed by atoms with E-state index in [0.29, 0.717) is 10.6 Å². The summed E-state index contributed by atoms with van der Waals surface area (Å²) in [5.74, 6) is 0.537. The van der Waals surface area contributed by atoms with Crippen molar-refractivity contribution in [3.8, 4) is 10.8 Å². The molecule has 5 nitrogen and oxygen atoms in total. The Morgan fingerprint density at radius 1 is 1.33 bits per heavy atom. The predicted octanol–water partition coefficient (Wildman–Crippen LogP) is 4.88. The minimum atomic E-state index is -0.764. The van der Waals surface area contributed by atoms with Gasteiger partial charge in [-0.1, -0.05) is 27.3 Å². The summed E-state index contributed by atoms with van der Waals surface area (Å²) >= 11 is 4.55. The maximum atomic E-state index is 11.1. The molecule has 0 amide bonds. The molecule has 7 heteroatoms. The summed E-state index contributed by atoms with van der Waals surface area (Å²) in [4.78, 5) is 11.1. The number of benzene rings is 1. The Bertz CT molecular complexity index is 673. The van der Waals surface area contributed by atoms with Gasteiger partial charge in [0.25, 0.3) is 5.06 Å². The van der Waals surface area contributed by atoms with Gasteiger partial charge in [0.2, 0.25) is 0 Å². The normalized spacial score (nSPS) is 12.2. The van der Waals surface area contributed by atoms with Crippen molar-refractivity contribution in [2.45, 2.75) is 26.9 Å². The number of halogens is 1. The van der Waals surface area contributed by atoms with Gasteiger partial charge in [-0.2, -0.15) is 0 Å². The fraction of sp³-hybridized carbons (Fsp3) is 0.286. The summed E-state index contributed by atoms with van der Waals surface area (Å²) in [5.41, 5.74) is 1.84. The van der Waals surface area contributed by atoms with Gasteiger partial charge in [-0.05, 0) is 44.0 Å². The van der Waals surface area contributed by atoms with Crippen molar-refractivity contribution < 1.29 is 14.8 Å². The summed E-state index contributed by atoms with van der Waals surface area (Å²) in [5, 5.41) is 20.8. The average molecular weight is 372 g/mol. The zero-order valence-electron chi connectivity index (χ0n) is 11.7. The van der Waals surface area contributed by atoms with E-state index in [1.807, 2.05) is 26.0 Å². The Kier molecular flexibility index (Phi) is 4.65. The van der Waals surface area contributed by atoms with E-state index in [2.05, 4.69) is 15.9 Å². The maximum absolute atomic E-state index is 11.1. The smallest absolute Gasteiger partial charge is 0.323 e. The van der Waals surface area contributed by atoms with E-state index in [9.17, 15) is 15.2 Å². The molecule has 1 atom stereocenters. The van der Waals surface area contributed by atoms with Gasteiger partial charge in [0.05, 0.1) is 11.0 Å². The van der Waals surface area contributed by atoms with Crippen LogP contribution >= 0.6 is 27.3 Å². The van der Waals surface area contributed by atoms with Crippen molar-refractivity contribution in [1.82, 2.24) is 0 Å². The van der Waals surface area contributed by atoms with E-state index in [-0.39, 0.29) is 10.8 Å². The van der Waals surface area contributed by atoms with Gasteiger partial charge < -0.3 is 9.84 Å². The molecule has 0 saturated carbocycles. The second-order valence-electron chi connectivity index (χ2n) is 4.73. The van der Waals surface area contributed by atoms with Crippen LogP contribution in [0.5, 0.6) is 10.8 Å². The molecule has 0 fully saturated rings. The molecule has 112 valence electrons. The quantitative estimate of drug-likeness (QED) is 0.613. The highest BCUT2D eigenvalue weighted by Gasteiger charge is 2.23. The second kappa shape index (κ2) is 6.13. The van der Waals surface area contributed by atoms with E-state index >= 15 is 0 Å². The summed E-state index contributed by atoms with van der Waals surface area (Å²) in [6.07, 6.45) is -0.764. The first-order chi connectivity index (χ1) is 9.79. The molecule has 0 aliphatic heterocycles. The second-order valence-corrected chi connectivity index (χ2v) is 6.57. The number of aliphatic hydroxyl groups excluding tert-OH is 1. The predicted molar refractivity (Wildman–Crippen MR) is 85.3 cm³/mol. The number of ether oxygens (including phenoxy) is 1. The Labute approximate surface area is 134 Å². The Hall–Kier alpha value is -1.44. The van der Waals surface area contributed by atoms with Crippen molar-refractivity contribution in [1.29, 1.82) is 0 Å². The highest BCUT2D eigenvalue weighted by atomic mass is 79.9. The summed E-state index contributed by atoms with van der Waals surface area (Å²) in [6, 6.07) is 4.97. The van der Waals surface area contributed by atoms with Gasteiger partial charge in [0, 0.05) is 15.4 Å². The largest absolute Gasteiger partial charge is 0.440 e. The molecule has 0 spiro atoms. The third-order valence-electron chi connectivity index (χ3n) is 2.93. The highest BCUT2D eigenvalue weighted by Crippen LogP contribution is 2.42. The number of thiophene rings is 1. The van der Waals surface area contributed by atoms with Crippen LogP contribution in [0.4, 0.5) is 5.69 Å². The molecular weight excluding hydrogens is 358 g/mol. The van der Waals surface area contributed by atoms with Crippen LogP contribution in [-0.2, 0) is 0 Å². The van der Waals surface area contributed by atoms with E-state index in [1.165, 1.54) is 6.07 Å². The molecule has 0 unspecified atom stereocenters. The molecule has 0 saturated heterocycles. The summed E-state index contributed by atoms with van der Waals surface area (Å²) in [6.45, 7) is 5.41. The lowest BCUT2D eigenvalue weighted by Crippen LogP contribution is -1.91. The number of aliphatic hydroxyl groups is 1. The Morgan fingerprint density at radius 3 is 2.38 bits per heavy atom. The number of hydrogen-bond acceptors (Lipinski definition) is 5.